The summed E-state index contributed by atoms with van der Waals surface area (Å²) in [6.07, 6.45) is -3.38. The van der Waals surface area contributed by atoms with Crippen LogP contribution in [0.2, 0.25) is 0 Å². The van der Waals surface area contributed by atoms with Gasteiger partial charge >= 0.3 is 6.18 Å². The van der Waals surface area contributed by atoms with Gasteiger partial charge in [-0.15, -0.1) is 0 Å². The summed E-state index contributed by atoms with van der Waals surface area (Å²) in [5.74, 6) is 0. The number of halogens is 3. The zero-order valence-corrected chi connectivity index (χ0v) is 9.17. The Balaban J connectivity index is 3.18. The largest absolute Gasteiger partial charge is 0.433 e. The second kappa shape index (κ2) is 4.59. The summed E-state index contributed by atoms with van der Waals surface area (Å²) in [4.78, 5) is 5.04. The molecule has 3 nitrogen and oxygen atoms in total. The van der Waals surface area contributed by atoms with Gasteiger partial charge in [-0.2, -0.15) is 13.2 Å². The summed E-state index contributed by atoms with van der Waals surface area (Å²) < 4.78 is 37.3. The number of nitrogens with two attached hydrogens (primary N) is 1. The van der Waals surface area contributed by atoms with Gasteiger partial charge in [-0.1, -0.05) is 0 Å². The summed E-state index contributed by atoms with van der Waals surface area (Å²) in [7, 11) is 0. The molecule has 0 aliphatic heterocycles. The van der Waals surface area contributed by atoms with E-state index in [1.807, 2.05) is 13.8 Å². The zero-order valence-electron chi connectivity index (χ0n) is 9.17. The van der Waals surface area contributed by atoms with Crippen molar-refractivity contribution in [1.82, 2.24) is 4.98 Å². The maximum absolute atomic E-state index is 12.4. The van der Waals surface area contributed by atoms with Crippen LogP contribution in [0.25, 0.3) is 0 Å². The highest BCUT2D eigenvalue weighted by Gasteiger charge is 2.33. The van der Waals surface area contributed by atoms with Crippen LogP contribution in [0.4, 0.5) is 24.5 Å². The predicted octanol–water partition coefficient (Wildman–Crippen LogP) is 2.53. The summed E-state index contributed by atoms with van der Waals surface area (Å²) >= 11 is 0. The van der Waals surface area contributed by atoms with Crippen LogP contribution in [0.5, 0.6) is 0 Å². The molecule has 0 unspecified atom stereocenters. The third-order valence-corrected chi connectivity index (χ3v) is 2.31. The molecule has 1 rings (SSSR count). The van der Waals surface area contributed by atoms with Crippen molar-refractivity contribution < 1.29 is 13.2 Å². The number of hydrogen-bond acceptors (Lipinski definition) is 3. The van der Waals surface area contributed by atoms with Crippen molar-refractivity contribution in [2.45, 2.75) is 20.0 Å². The maximum atomic E-state index is 12.4. The Hall–Kier alpha value is -1.46. The van der Waals surface area contributed by atoms with Crippen LogP contribution in [0.15, 0.2) is 12.3 Å². The van der Waals surface area contributed by atoms with Crippen molar-refractivity contribution in [2.75, 3.05) is 23.7 Å². The highest BCUT2D eigenvalue weighted by atomic mass is 19.4. The monoisotopic (exact) mass is 233 g/mol. The van der Waals surface area contributed by atoms with Crippen molar-refractivity contribution in [3.8, 4) is 0 Å². The van der Waals surface area contributed by atoms with E-state index in [1.54, 1.807) is 4.90 Å². The molecule has 0 saturated carbocycles. The van der Waals surface area contributed by atoms with Gasteiger partial charge in [0.1, 0.15) is 5.69 Å². The Bertz CT molecular complexity index is 359. The quantitative estimate of drug-likeness (QED) is 0.872. The molecular weight excluding hydrogens is 219 g/mol. The molecule has 0 radical (unpaired) electrons. The SMILES string of the molecule is CCN(CC)c1cc(C(F)(F)F)ncc1N. The molecule has 0 bridgehead atoms. The van der Waals surface area contributed by atoms with Gasteiger partial charge in [-0.25, -0.2) is 4.98 Å². The van der Waals surface area contributed by atoms with E-state index in [4.69, 9.17) is 5.73 Å². The highest BCUT2D eigenvalue weighted by Crippen LogP contribution is 2.32. The Kier molecular flexibility index (Phi) is 3.62. The minimum Gasteiger partial charge on any atom is -0.396 e. The van der Waals surface area contributed by atoms with Gasteiger partial charge in [-0.05, 0) is 19.9 Å². The molecule has 0 spiro atoms. The van der Waals surface area contributed by atoms with Crippen molar-refractivity contribution >= 4 is 11.4 Å². The molecule has 1 heterocycles. The summed E-state index contributed by atoms with van der Waals surface area (Å²) in [5.41, 5.74) is 5.34. The van der Waals surface area contributed by atoms with E-state index in [-0.39, 0.29) is 5.69 Å². The van der Waals surface area contributed by atoms with Crippen LogP contribution >= 0.6 is 0 Å². The molecule has 1 aromatic rings. The molecule has 90 valence electrons. The minimum absolute atomic E-state index is 0.261. The lowest BCUT2D eigenvalue weighted by atomic mass is 10.2. The topological polar surface area (TPSA) is 42.2 Å². The number of nitrogen functional groups attached to an aromatic ring is 1. The van der Waals surface area contributed by atoms with Crippen molar-refractivity contribution in [1.29, 1.82) is 0 Å². The molecule has 0 saturated heterocycles. The molecule has 0 fully saturated rings. The van der Waals surface area contributed by atoms with E-state index in [2.05, 4.69) is 4.98 Å². The number of nitrogens with zero attached hydrogens (tertiary/aromatic N) is 2. The highest BCUT2D eigenvalue weighted by molar-refractivity contribution is 5.67. The molecule has 6 heteroatoms. The average molecular weight is 233 g/mol. The van der Waals surface area contributed by atoms with Crippen LogP contribution in [-0.4, -0.2) is 18.1 Å². The first-order valence-electron chi connectivity index (χ1n) is 4.97. The second-order valence-electron chi connectivity index (χ2n) is 3.30. The van der Waals surface area contributed by atoms with Gasteiger partial charge in [0.2, 0.25) is 0 Å². The van der Waals surface area contributed by atoms with E-state index in [1.165, 1.54) is 0 Å². The fourth-order valence-corrected chi connectivity index (χ4v) is 1.45. The van der Waals surface area contributed by atoms with Gasteiger partial charge in [0.25, 0.3) is 0 Å². The number of anilines is 2. The first kappa shape index (κ1) is 12.6. The molecule has 0 amide bonds. The molecule has 0 aromatic carbocycles. The molecule has 1 aromatic heterocycles. The number of alkyl halides is 3. The minimum atomic E-state index is -4.43. The molecule has 0 atom stereocenters. The summed E-state index contributed by atoms with van der Waals surface area (Å²) in [6.45, 7) is 4.91. The zero-order chi connectivity index (χ0) is 12.3. The predicted molar refractivity (Wildman–Crippen MR) is 57.2 cm³/mol. The van der Waals surface area contributed by atoms with Crippen molar-refractivity contribution in [3.05, 3.63) is 18.0 Å². The maximum Gasteiger partial charge on any atom is 0.433 e. The molecule has 16 heavy (non-hydrogen) atoms. The van der Waals surface area contributed by atoms with Crippen molar-refractivity contribution in [2.24, 2.45) is 0 Å². The Morgan fingerprint density at radius 1 is 1.31 bits per heavy atom. The first-order valence-corrected chi connectivity index (χ1v) is 4.97. The van der Waals surface area contributed by atoms with Gasteiger partial charge in [-0.3, -0.25) is 0 Å². The van der Waals surface area contributed by atoms with Crippen LogP contribution in [0, 0.1) is 0 Å². The lowest BCUT2D eigenvalue weighted by molar-refractivity contribution is -0.141. The fraction of sp³-hybridized carbons (Fsp3) is 0.500. The lowest BCUT2D eigenvalue weighted by Gasteiger charge is -2.23. The molecule has 2 N–H and O–H groups in total. The third-order valence-electron chi connectivity index (χ3n) is 2.31. The first-order chi connectivity index (χ1) is 7.40. The standard InChI is InChI=1S/C10H14F3N3/c1-3-16(4-2)8-5-9(10(11,12)13)15-6-7(8)14/h5-6H,3-4,14H2,1-2H3. The second-order valence-corrected chi connectivity index (χ2v) is 3.30. The fourth-order valence-electron chi connectivity index (χ4n) is 1.45. The van der Waals surface area contributed by atoms with Gasteiger partial charge in [0.05, 0.1) is 17.6 Å². The number of aromatic nitrogens is 1. The van der Waals surface area contributed by atoms with Gasteiger partial charge in [0, 0.05) is 13.1 Å². The van der Waals surface area contributed by atoms with Crippen molar-refractivity contribution in [3.63, 3.8) is 0 Å². The number of rotatable bonds is 3. The van der Waals surface area contributed by atoms with Crippen LogP contribution in [0.1, 0.15) is 19.5 Å². The van der Waals surface area contributed by atoms with E-state index in [0.717, 1.165) is 12.3 Å². The third kappa shape index (κ3) is 2.56. The van der Waals surface area contributed by atoms with E-state index >= 15 is 0 Å². The summed E-state index contributed by atoms with van der Waals surface area (Å²) in [5, 5.41) is 0. The van der Waals surface area contributed by atoms with Crippen LogP contribution < -0.4 is 10.6 Å². The lowest BCUT2D eigenvalue weighted by Crippen LogP contribution is -2.24. The number of hydrogen-bond donors (Lipinski definition) is 1. The van der Waals surface area contributed by atoms with Gasteiger partial charge in [0.15, 0.2) is 0 Å². The Morgan fingerprint density at radius 2 is 1.88 bits per heavy atom. The average Bonchev–Trinajstić information content (AvgIpc) is 2.20. The molecular formula is C10H14F3N3. The van der Waals surface area contributed by atoms with Crippen LogP contribution in [0.3, 0.4) is 0 Å². The Labute approximate surface area is 92.1 Å². The Morgan fingerprint density at radius 3 is 2.31 bits per heavy atom. The smallest absolute Gasteiger partial charge is 0.396 e. The molecule has 0 aliphatic rings. The van der Waals surface area contributed by atoms with Gasteiger partial charge < -0.3 is 10.6 Å². The summed E-state index contributed by atoms with van der Waals surface area (Å²) in [6, 6.07) is 0.988. The van der Waals surface area contributed by atoms with E-state index in [9.17, 15) is 13.2 Å². The van der Waals surface area contributed by atoms with Crippen LogP contribution in [-0.2, 0) is 6.18 Å². The number of pyridine rings is 1. The van der Waals surface area contributed by atoms with E-state index < -0.39 is 11.9 Å². The normalized spacial score (nSPS) is 11.6. The molecule has 0 aliphatic carbocycles. The van der Waals surface area contributed by atoms with E-state index in [0.29, 0.717) is 18.8 Å².